The lowest BCUT2D eigenvalue weighted by atomic mass is 9.89. The van der Waals surface area contributed by atoms with E-state index < -0.39 is 21.4 Å². The third-order valence-corrected chi connectivity index (χ3v) is 5.90. The highest BCUT2D eigenvalue weighted by molar-refractivity contribution is 7.89. The van der Waals surface area contributed by atoms with Crippen LogP contribution in [0.1, 0.15) is 24.0 Å². The predicted octanol–water partition coefficient (Wildman–Crippen LogP) is 2.71. The van der Waals surface area contributed by atoms with E-state index in [1.165, 1.54) is 19.1 Å². The van der Waals surface area contributed by atoms with Gasteiger partial charge in [0, 0.05) is 6.54 Å². The summed E-state index contributed by atoms with van der Waals surface area (Å²) >= 11 is 0. The van der Waals surface area contributed by atoms with Gasteiger partial charge in [-0.2, -0.15) is 0 Å². The molecule has 0 bridgehead atoms. The van der Waals surface area contributed by atoms with Crippen molar-refractivity contribution < 1.29 is 17.9 Å². The number of hydrogen-bond donors (Lipinski definition) is 2. The molecule has 0 radical (unpaired) electrons. The van der Waals surface area contributed by atoms with E-state index in [4.69, 9.17) is 0 Å². The maximum absolute atomic E-state index is 13.3. The maximum Gasteiger partial charge on any atom is 0.240 e. The van der Waals surface area contributed by atoms with E-state index >= 15 is 0 Å². The third-order valence-electron chi connectivity index (χ3n) is 4.50. The highest BCUT2D eigenvalue weighted by atomic mass is 32.2. The number of nitrogens with one attached hydrogen (secondary N) is 1. The second kappa shape index (κ2) is 6.27. The first-order valence-corrected chi connectivity index (χ1v) is 9.35. The van der Waals surface area contributed by atoms with Crippen LogP contribution >= 0.6 is 0 Å². The highest BCUT2D eigenvalue weighted by Crippen LogP contribution is 2.45. The molecule has 2 N–H and O–H groups in total. The molecule has 2 aromatic rings. The van der Waals surface area contributed by atoms with E-state index in [2.05, 4.69) is 4.72 Å². The van der Waals surface area contributed by atoms with Gasteiger partial charge >= 0.3 is 0 Å². The van der Waals surface area contributed by atoms with Crippen LogP contribution in [0, 0.1) is 18.7 Å². The number of sulfonamides is 1. The van der Waals surface area contributed by atoms with E-state index in [0.717, 1.165) is 18.9 Å². The SMILES string of the molecule is Cc1cc(S(=O)(=O)NCC(O)(c2ccccc2)C2CC2)ccc1F. The summed E-state index contributed by atoms with van der Waals surface area (Å²) in [5.41, 5.74) is -0.271. The molecule has 128 valence electrons. The van der Waals surface area contributed by atoms with E-state index in [0.29, 0.717) is 5.56 Å². The molecule has 1 saturated carbocycles. The minimum absolute atomic E-state index is 0.00684. The quantitative estimate of drug-likeness (QED) is 0.843. The molecule has 1 aliphatic rings. The van der Waals surface area contributed by atoms with Gasteiger partial charge in [0.25, 0.3) is 0 Å². The largest absolute Gasteiger partial charge is 0.383 e. The molecule has 0 heterocycles. The van der Waals surface area contributed by atoms with Gasteiger partial charge in [0.15, 0.2) is 0 Å². The lowest BCUT2D eigenvalue weighted by molar-refractivity contribution is 0.0185. The Morgan fingerprint density at radius 3 is 2.46 bits per heavy atom. The second-order valence-corrected chi connectivity index (χ2v) is 8.07. The number of benzene rings is 2. The van der Waals surface area contributed by atoms with Crippen molar-refractivity contribution in [1.29, 1.82) is 0 Å². The molecule has 3 rings (SSSR count). The average Bonchev–Trinajstić information content (AvgIpc) is 3.41. The molecule has 1 aliphatic carbocycles. The van der Waals surface area contributed by atoms with Crippen LogP contribution in [0.3, 0.4) is 0 Å². The van der Waals surface area contributed by atoms with Gasteiger partial charge in [-0.25, -0.2) is 17.5 Å². The van der Waals surface area contributed by atoms with Crippen molar-refractivity contribution in [2.24, 2.45) is 5.92 Å². The van der Waals surface area contributed by atoms with Gasteiger partial charge < -0.3 is 5.11 Å². The first-order chi connectivity index (χ1) is 11.3. The molecule has 1 unspecified atom stereocenters. The molecule has 2 aromatic carbocycles. The van der Waals surface area contributed by atoms with Crippen molar-refractivity contribution in [3.05, 3.63) is 65.5 Å². The van der Waals surface area contributed by atoms with Gasteiger partial charge in [-0.3, -0.25) is 0 Å². The molecule has 6 heteroatoms. The number of hydrogen-bond acceptors (Lipinski definition) is 3. The Kier molecular flexibility index (Phi) is 4.46. The van der Waals surface area contributed by atoms with Crippen LogP contribution in [0.15, 0.2) is 53.4 Å². The van der Waals surface area contributed by atoms with Crippen molar-refractivity contribution in [1.82, 2.24) is 4.72 Å². The zero-order valence-electron chi connectivity index (χ0n) is 13.4. The van der Waals surface area contributed by atoms with Gasteiger partial charge in [-0.1, -0.05) is 30.3 Å². The van der Waals surface area contributed by atoms with Crippen molar-refractivity contribution in [2.45, 2.75) is 30.3 Å². The average molecular weight is 349 g/mol. The zero-order valence-corrected chi connectivity index (χ0v) is 14.2. The van der Waals surface area contributed by atoms with Crippen molar-refractivity contribution >= 4 is 10.0 Å². The molecule has 0 saturated heterocycles. The Balaban J connectivity index is 1.83. The van der Waals surface area contributed by atoms with Crippen LogP contribution in [-0.4, -0.2) is 20.1 Å². The first-order valence-electron chi connectivity index (χ1n) is 7.87. The van der Waals surface area contributed by atoms with E-state index in [1.54, 1.807) is 12.1 Å². The Morgan fingerprint density at radius 2 is 1.88 bits per heavy atom. The summed E-state index contributed by atoms with van der Waals surface area (Å²) in [7, 11) is -3.82. The van der Waals surface area contributed by atoms with Crippen molar-refractivity contribution in [3.8, 4) is 0 Å². The van der Waals surface area contributed by atoms with Crippen molar-refractivity contribution in [3.63, 3.8) is 0 Å². The van der Waals surface area contributed by atoms with E-state index in [9.17, 15) is 17.9 Å². The summed E-state index contributed by atoms with van der Waals surface area (Å²) in [5, 5.41) is 11.0. The van der Waals surface area contributed by atoms with Crippen molar-refractivity contribution in [2.75, 3.05) is 6.54 Å². The van der Waals surface area contributed by atoms with Crippen LogP contribution in [-0.2, 0) is 15.6 Å². The molecule has 24 heavy (non-hydrogen) atoms. The molecule has 0 aromatic heterocycles. The fourth-order valence-corrected chi connectivity index (χ4v) is 4.00. The molecule has 1 fully saturated rings. The minimum Gasteiger partial charge on any atom is -0.383 e. The third kappa shape index (κ3) is 3.36. The zero-order chi connectivity index (χ0) is 17.4. The molecular weight excluding hydrogens is 329 g/mol. The Bertz CT molecular complexity index is 835. The van der Waals surface area contributed by atoms with Crippen LogP contribution in [0.4, 0.5) is 4.39 Å². The fourth-order valence-electron chi connectivity index (χ4n) is 2.84. The van der Waals surface area contributed by atoms with E-state index in [1.807, 2.05) is 18.2 Å². The Labute approximate surface area is 141 Å². The molecule has 0 spiro atoms. The number of aryl methyl sites for hydroxylation is 1. The number of aliphatic hydroxyl groups is 1. The summed E-state index contributed by atoms with van der Waals surface area (Å²) < 4.78 is 40.8. The summed E-state index contributed by atoms with van der Waals surface area (Å²) in [6.45, 7) is 1.40. The molecule has 4 nitrogen and oxygen atoms in total. The van der Waals surface area contributed by atoms with Gasteiger partial charge in [-0.15, -0.1) is 0 Å². The van der Waals surface area contributed by atoms with Gasteiger partial charge in [0.1, 0.15) is 11.4 Å². The summed E-state index contributed by atoms with van der Waals surface area (Å²) in [6.07, 6.45) is 1.73. The van der Waals surface area contributed by atoms with Crippen LogP contribution in [0.25, 0.3) is 0 Å². The van der Waals surface area contributed by atoms with Crippen LogP contribution in [0.5, 0.6) is 0 Å². The van der Waals surface area contributed by atoms with E-state index in [-0.39, 0.29) is 22.9 Å². The van der Waals surface area contributed by atoms with Gasteiger partial charge in [0.05, 0.1) is 4.90 Å². The Hall–Kier alpha value is -1.76. The lowest BCUT2D eigenvalue weighted by Crippen LogP contribution is -2.42. The van der Waals surface area contributed by atoms with Crippen LogP contribution < -0.4 is 4.72 Å². The molecular formula is C18H20FNO3S. The summed E-state index contributed by atoms with van der Waals surface area (Å²) in [5.74, 6) is -0.412. The second-order valence-electron chi connectivity index (χ2n) is 6.30. The standard InChI is InChI=1S/C18H20FNO3S/c1-13-11-16(9-10-17(13)19)24(22,23)20-12-18(21,15-7-8-15)14-5-3-2-4-6-14/h2-6,9-11,15,20-21H,7-8,12H2,1H3. The monoisotopic (exact) mass is 349 g/mol. The summed E-state index contributed by atoms with van der Waals surface area (Å²) in [6, 6.07) is 12.7. The lowest BCUT2D eigenvalue weighted by Gasteiger charge is -2.29. The molecule has 0 aliphatic heterocycles. The fraction of sp³-hybridized carbons (Fsp3) is 0.333. The predicted molar refractivity (Wildman–Crippen MR) is 89.4 cm³/mol. The van der Waals surface area contributed by atoms with Gasteiger partial charge in [0.2, 0.25) is 10.0 Å². The Morgan fingerprint density at radius 1 is 1.21 bits per heavy atom. The smallest absolute Gasteiger partial charge is 0.240 e. The first kappa shape index (κ1) is 17.1. The number of rotatable bonds is 6. The van der Waals surface area contributed by atoms with Gasteiger partial charge in [-0.05, 0) is 55.0 Å². The molecule has 1 atom stereocenters. The summed E-state index contributed by atoms with van der Waals surface area (Å²) in [4.78, 5) is -0.00684. The normalized spacial score (nSPS) is 17.5. The maximum atomic E-state index is 13.3. The highest BCUT2D eigenvalue weighted by Gasteiger charge is 2.45. The minimum atomic E-state index is -3.82. The number of halogens is 1. The topological polar surface area (TPSA) is 66.4 Å². The molecule has 0 amide bonds. The van der Waals surface area contributed by atoms with Crippen LogP contribution in [0.2, 0.25) is 0 Å².